The van der Waals surface area contributed by atoms with Crippen LogP contribution in [0.1, 0.15) is 49.0 Å². The quantitative estimate of drug-likeness (QED) is 0.728. The Bertz CT molecular complexity index is 921. The lowest BCUT2D eigenvalue weighted by molar-refractivity contribution is -0.138. The van der Waals surface area contributed by atoms with Gasteiger partial charge in [-0.05, 0) is 62.6 Å². The van der Waals surface area contributed by atoms with Gasteiger partial charge in [-0.25, -0.2) is 0 Å². The van der Waals surface area contributed by atoms with Gasteiger partial charge in [0.1, 0.15) is 5.76 Å². The Morgan fingerprint density at radius 3 is 2.61 bits per heavy atom. The molecule has 2 aliphatic carbocycles. The average molecular weight is 422 g/mol. The van der Waals surface area contributed by atoms with Crippen LogP contribution in [0.3, 0.4) is 0 Å². The maximum absolute atomic E-state index is 12.5. The molecule has 1 saturated carbocycles. The molecule has 28 heavy (non-hydrogen) atoms. The van der Waals surface area contributed by atoms with Gasteiger partial charge in [0.05, 0.1) is 0 Å². The van der Waals surface area contributed by atoms with Crippen LogP contribution in [-0.4, -0.2) is 22.5 Å². The summed E-state index contributed by atoms with van der Waals surface area (Å²) >= 11 is 12.2. The second-order valence-electron chi connectivity index (χ2n) is 7.59. The van der Waals surface area contributed by atoms with Crippen molar-refractivity contribution in [3.05, 3.63) is 45.1 Å². The van der Waals surface area contributed by atoms with Crippen LogP contribution in [0.4, 0.5) is 5.82 Å². The molecule has 2 amide bonds. The largest absolute Gasteiger partial charge is 0.359 e. The van der Waals surface area contributed by atoms with E-state index in [4.69, 9.17) is 27.7 Å². The Morgan fingerprint density at radius 1 is 1.11 bits per heavy atom. The normalized spacial score (nSPS) is 17.4. The fourth-order valence-electron chi connectivity index (χ4n) is 3.92. The zero-order valence-corrected chi connectivity index (χ0v) is 16.8. The van der Waals surface area contributed by atoms with Gasteiger partial charge in [0, 0.05) is 27.6 Å². The smallest absolute Gasteiger partial charge is 0.314 e. The Kier molecular flexibility index (Phi) is 5.34. The summed E-state index contributed by atoms with van der Waals surface area (Å²) in [6, 6.07) is 5.32. The number of anilines is 1. The highest BCUT2D eigenvalue weighted by Gasteiger charge is 2.40. The molecule has 0 saturated heterocycles. The molecule has 0 atom stereocenters. The number of hydrogen-bond acceptors (Lipinski definition) is 4. The molecule has 4 rings (SSSR count). The highest BCUT2D eigenvalue weighted by atomic mass is 35.5. The molecule has 8 heteroatoms. The molecule has 148 valence electrons. The topological polar surface area (TPSA) is 84.2 Å². The average Bonchev–Trinajstić information content (AvgIpc) is 3.05. The summed E-state index contributed by atoms with van der Waals surface area (Å²) in [5.41, 5.74) is 1.34. The summed E-state index contributed by atoms with van der Waals surface area (Å²) in [6.45, 7) is 0. The molecule has 0 spiro atoms. The van der Waals surface area contributed by atoms with Gasteiger partial charge >= 0.3 is 11.8 Å². The fourth-order valence-corrected chi connectivity index (χ4v) is 4.40. The summed E-state index contributed by atoms with van der Waals surface area (Å²) < 4.78 is 5.28. The first-order valence-corrected chi connectivity index (χ1v) is 10.3. The van der Waals surface area contributed by atoms with Gasteiger partial charge < -0.3 is 9.84 Å². The molecular weight excluding hydrogens is 401 g/mol. The van der Waals surface area contributed by atoms with E-state index in [-0.39, 0.29) is 0 Å². The van der Waals surface area contributed by atoms with Crippen molar-refractivity contribution in [1.82, 2.24) is 10.5 Å². The number of fused-ring (bicyclic) bond motifs is 1. The Hall–Kier alpha value is -2.05. The van der Waals surface area contributed by atoms with Crippen LogP contribution < -0.4 is 10.6 Å². The minimum absolute atomic E-state index is 0.359. The highest BCUT2D eigenvalue weighted by Crippen LogP contribution is 2.37. The Labute approximate surface area is 172 Å². The summed E-state index contributed by atoms with van der Waals surface area (Å²) in [6.07, 6.45) is 6.82. The van der Waals surface area contributed by atoms with Gasteiger partial charge in [0.2, 0.25) is 0 Å². The summed E-state index contributed by atoms with van der Waals surface area (Å²) in [5, 5.41) is 10.6. The van der Waals surface area contributed by atoms with Crippen LogP contribution in [0.15, 0.2) is 22.7 Å². The van der Waals surface area contributed by atoms with Crippen LogP contribution in [0.5, 0.6) is 0 Å². The number of aromatic nitrogens is 1. The molecule has 0 unspecified atom stereocenters. The lowest BCUT2D eigenvalue weighted by atomic mass is 9.72. The van der Waals surface area contributed by atoms with Gasteiger partial charge in [-0.3, -0.25) is 14.9 Å². The number of rotatable bonds is 4. The SMILES string of the molecule is O=C(Nc1noc2c1CCCC2)C(=O)NC1(Cc2ccc(Cl)cc2Cl)CCC1. The number of amides is 2. The van der Waals surface area contributed by atoms with Crippen molar-refractivity contribution in [2.75, 3.05) is 5.32 Å². The molecule has 0 radical (unpaired) electrons. The predicted octanol–water partition coefficient (Wildman–Crippen LogP) is 4.08. The molecule has 0 aliphatic heterocycles. The summed E-state index contributed by atoms with van der Waals surface area (Å²) in [7, 11) is 0. The molecular formula is C20H21Cl2N3O3. The van der Waals surface area contributed by atoms with Crippen molar-refractivity contribution in [2.24, 2.45) is 0 Å². The number of halogens is 2. The van der Waals surface area contributed by atoms with E-state index in [9.17, 15) is 9.59 Å². The van der Waals surface area contributed by atoms with Crippen LogP contribution in [0, 0.1) is 0 Å². The first kappa shape index (κ1) is 19.3. The van der Waals surface area contributed by atoms with Crippen LogP contribution >= 0.6 is 23.2 Å². The molecule has 1 aromatic carbocycles. The second kappa shape index (κ2) is 7.76. The highest BCUT2D eigenvalue weighted by molar-refractivity contribution is 6.39. The Balaban J connectivity index is 1.42. The third-order valence-electron chi connectivity index (χ3n) is 5.62. The zero-order valence-electron chi connectivity index (χ0n) is 15.3. The van der Waals surface area contributed by atoms with E-state index in [0.29, 0.717) is 22.3 Å². The molecule has 2 aliphatic rings. The number of nitrogens with zero attached hydrogens (tertiary/aromatic N) is 1. The first-order chi connectivity index (χ1) is 13.5. The van der Waals surface area contributed by atoms with Crippen LogP contribution in [-0.2, 0) is 28.9 Å². The van der Waals surface area contributed by atoms with Gasteiger partial charge in [-0.15, -0.1) is 0 Å². The third-order valence-corrected chi connectivity index (χ3v) is 6.21. The van der Waals surface area contributed by atoms with E-state index in [2.05, 4.69) is 15.8 Å². The number of benzene rings is 1. The van der Waals surface area contributed by atoms with Gasteiger partial charge in [0.25, 0.3) is 0 Å². The number of hydrogen-bond donors (Lipinski definition) is 2. The van der Waals surface area contributed by atoms with Crippen LogP contribution in [0.25, 0.3) is 0 Å². The van der Waals surface area contributed by atoms with E-state index in [1.54, 1.807) is 12.1 Å². The van der Waals surface area contributed by atoms with E-state index in [0.717, 1.165) is 61.8 Å². The van der Waals surface area contributed by atoms with Crippen molar-refractivity contribution >= 4 is 40.8 Å². The van der Waals surface area contributed by atoms with Crippen molar-refractivity contribution in [2.45, 2.75) is 56.9 Å². The lowest BCUT2D eigenvalue weighted by Gasteiger charge is -2.42. The molecule has 1 aromatic heterocycles. The third kappa shape index (κ3) is 3.89. The van der Waals surface area contributed by atoms with E-state index >= 15 is 0 Å². The molecule has 6 nitrogen and oxygen atoms in total. The first-order valence-electron chi connectivity index (χ1n) is 9.51. The predicted molar refractivity (Wildman–Crippen MR) is 107 cm³/mol. The maximum Gasteiger partial charge on any atom is 0.314 e. The minimum Gasteiger partial charge on any atom is -0.359 e. The van der Waals surface area contributed by atoms with Crippen molar-refractivity contribution in [3.8, 4) is 0 Å². The number of aryl methyl sites for hydroxylation is 1. The van der Waals surface area contributed by atoms with E-state index in [1.165, 1.54) is 0 Å². The second-order valence-corrected chi connectivity index (χ2v) is 8.44. The molecule has 2 N–H and O–H groups in total. The van der Waals surface area contributed by atoms with E-state index < -0.39 is 17.4 Å². The van der Waals surface area contributed by atoms with Gasteiger partial charge in [0.15, 0.2) is 5.82 Å². The zero-order chi connectivity index (χ0) is 19.7. The minimum atomic E-state index is -0.727. The molecule has 1 heterocycles. The number of carbonyl (C=O) groups is 2. The van der Waals surface area contributed by atoms with Crippen molar-refractivity contribution in [3.63, 3.8) is 0 Å². The molecule has 2 aromatic rings. The standard InChI is InChI=1S/C20H21Cl2N3O3/c21-13-7-6-12(15(22)10-13)11-20(8-3-9-20)24-19(27)18(26)23-17-14-4-1-2-5-16(14)28-25-17/h6-7,10H,1-5,8-9,11H2,(H,24,27)(H,23,25,26). The summed E-state index contributed by atoms with van der Waals surface area (Å²) in [5.74, 6) is -0.236. The number of carbonyl (C=O) groups excluding carboxylic acids is 2. The van der Waals surface area contributed by atoms with Crippen molar-refractivity contribution in [1.29, 1.82) is 0 Å². The van der Waals surface area contributed by atoms with Crippen molar-refractivity contribution < 1.29 is 14.1 Å². The monoisotopic (exact) mass is 421 g/mol. The fraction of sp³-hybridized carbons (Fsp3) is 0.450. The van der Waals surface area contributed by atoms with Gasteiger partial charge in [-0.2, -0.15) is 0 Å². The Morgan fingerprint density at radius 2 is 1.89 bits per heavy atom. The lowest BCUT2D eigenvalue weighted by Crippen LogP contribution is -2.57. The van der Waals surface area contributed by atoms with Crippen LogP contribution in [0.2, 0.25) is 10.0 Å². The maximum atomic E-state index is 12.5. The number of nitrogens with one attached hydrogen (secondary N) is 2. The van der Waals surface area contributed by atoms with E-state index in [1.807, 2.05) is 6.07 Å². The molecule has 0 bridgehead atoms. The summed E-state index contributed by atoms with van der Waals surface area (Å²) in [4.78, 5) is 25.0. The van der Waals surface area contributed by atoms with Gasteiger partial charge in [-0.1, -0.05) is 34.4 Å². The molecule has 1 fully saturated rings.